The average molecular weight is 328 g/mol. The van der Waals surface area contributed by atoms with Crippen molar-refractivity contribution in [2.75, 3.05) is 0 Å². The van der Waals surface area contributed by atoms with Gasteiger partial charge in [-0.2, -0.15) is 0 Å². The lowest BCUT2D eigenvalue weighted by Crippen LogP contribution is -2.10. The Bertz CT molecular complexity index is 716. The van der Waals surface area contributed by atoms with Gasteiger partial charge in [-0.25, -0.2) is 8.78 Å². The smallest absolute Gasteiger partial charge is 0.166 e. The van der Waals surface area contributed by atoms with Crippen LogP contribution in [0.25, 0.3) is 11.1 Å². The molecular weight excluding hydrogens is 302 g/mol. The Hall–Kier alpha value is -1.70. The molecule has 0 spiro atoms. The van der Waals surface area contributed by atoms with Crippen LogP contribution < -0.4 is 0 Å². The van der Waals surface area contributed by atoms with Gasteiger partial charge >= 0.3 is 0 Å². The fourth-order valence-electron chi connectivity index (χ4n) is 3.82. The monoisotopic (exact) mass is 328 g/mol. The highest BCUT2D eigenvalue weighted by atomic mass is 19.2. The molecule has 1 aliphatic carbocycles. The molecule has 128 valence electrons. The van der Waals surface area contributed by atoms with Crippen molar-refractivity contribution in [3.8, 4) is 11.1 Å². The van der Waals surface area contributed by atoms with Crippen LogP contribution in [0.2, 0.25) is 0 Å². The zero-order valence-electron chi connectivity index (χ0n) is 14.8. The van der Waals surface area contributed by atoms with Crippen LogP contribution in [0, 0.1) is 23.5 Å². The van der Waals surface area contributed by atoms with Crippen LogP contribution in [0.1, 0.15) is 50.3 Å². The van der Waals surface area contributed by atoms with Gasteiger partial charge in [-0.05, 0) is 59.4 Å². The van der Waals surface area contributed by atoms with E-state index in [-0.39, 0.29) is 0 Å². The molecule has 0 radical (unpaired) electrons. The summed E-state index contributed by atoms with van der Waals surface area (Å²) < 4.78 is 29.2. The SMILES string of the molecule is CCCc1ccc(-c2cc3c(c(F)c2F)CC(C(C)CC)C3)cc1. The quantitative estimate of drug-likeness (QED) is 0.600. The predicted molar refractivity (Wildman–Crippen MR) is 96.1 cm³/mol. The summed E-state index contributed by atoms with van der Waals surface area (Å²) in [7, 11) is 0. The van der Waals surface area contributed by atoms with E-state index < -0.39 is 11.6 Å². The second-order valence-electron chi connectivity index (χ2n) is 7.19. The van der Waals surface area contributed by atoms with Gasteiger partial charge in [0.15, 0.2) is 11.6 Å². The van der Waals surface area contributed by atoms with Gasteiger partial charge < -0.3 is 0 Å². The second kappa shape index (κ2) is 7.04. The Labute approximate surface area is 143 Å². The van der Waals surface area contributed by atoms with Gasteiger partial charge in [-0.3, -0.25) is 0 Å². The fraction of sp³-hybridized carbons (Fsp3) is 0.455. The molecule has 0 N–H and O–H groups in total. The van der Waals surface area contributed by atoms with Crippen molar-refractivity contribution < 1.29 is 8.78 Å². The molecule has 3 rings (SSSR count). The molecule has 0 saturated carbocycles. The number of hydrogen-bond acceptors (Lipinski definition) is 0. The molecule has 2 aromatic carbocycles. The van der Waals surface area contributed by atoms with Crippen LogP contribution in [0.5, 0.6) is 0 Å². The number of halogens is 2. The van der Waals surface area contributed by atoms with E-state index in [1.165, 1.54) is 5.56 Å². The van der Waals surface area contributed by atoms with Crippen molar-refractivity contribution in [3.63, 3.8) is 0 Å². The van der Waals surface area contributed by atoms with Crippen molar-refractivity contribution >= 4 is 0 Å². The highest BCUT2D eigenvalue weighted by molar-refractivity contribution is 5.67. The first-order chi connectivity index (χ1) is 11.5. The molecule has 0 amide bonds. The maximum absolute atomic E-state index is 14.6. The summed E-state index contributed by atoms with van der Waals surface area (Å²) in [4.78, 5) is 0. The Morgan fingerprint density at radius 1 is 1.04 bits per heavy atom. The molecule has 0 fully saturated rings. The van der Waals surface area contributed by atoms with E-state index >= 15 is 0 Å². The molecule has 0 saturated heterocycles. The lowest BCUT2D eigenvalue weighted by molar-refractivity contribution is 0.361. The van der Waals surface area contributed by atoms with Gasteiger partial charge in [0.2, 0.25) is 0 Å². The summed E-state index contributed by atoms with van der Waals surface area (Å²) in [5.41, 5.74) is 4.00. The van der Waals surface area contributed by atoms with E-state index in [4.69, 9.17) is 0 Å². The molecule has 0 heterocycles. The van der Waals surface area contributed by atoms with Crippen molar-refractivity contribution in [1.29, 1.82) is 0 Å². The minimum absolute atomic E-state index is 0.402. The predicted octanol–water partition coefficient (Wildman–Crippen LogP) is 6.35. The summed E-state index contributed by atoms with van der Waals surface area (Å²) in [6.45, 7) is 6.50. The summed E-state index contributed by atoms with van der Waals surface area (Å²) in [5.74, 6) is -0.356. The van der Waals surface area contributed by atoms with E-state index in [1.54, 1.807) is 0 Å². The Morgan fingerprint density at radius 2 is 1.75 bits per heavy atom. The van der Waals surface area contributed by atoms with Crippen molar-refractivity contribution in [2.24, 2.45) is 11.8 Å². The third-order valence-electron chi connectivity index (χ3n) is 5.60. The van der Waals surface area contributed by atoms with Crippen LogP contribution in [0.3, 0.4) is 0 Å². The highest BCUT2D eigenvalue weighted by Crippen LogP contribution is 2.38. The van der Waals surface area contributed by atoms with Gasteiger partial charge in [-0.15, -0.1) is 0 Å². The number of fused-ring (bicyclic) bond motifs is 1. The molecule has 2 unspecified atom stereocenters. The van der Waals surface area contributed by atoms with Gasteiger partial charge in [0.1, 0.15) is 0 Å². The zero-order chi connectivity index (χ0) is 17.3. The van der Waals surface area contributed by atoms with E-state index in [0.717, 1.165) is 36.8 Å². The molecule has 0 nitrogen and oxygen atoms in total. The maximum Gasteiger partial charge on any atom is 0.166 e. The number of aryl methyl sites for hydroxylation is 1. The zero-order valence-corrected chi connectivity index (χ0v) is 14.8. The lowest BCUT2D eigenvalue weighted by atomic mass is 9.89. The van der Waals surface area contributed by atoms with Crippen LogP contribution in [0.4, 0.5) is 8.78 Å². The van der Waals surface area contributed by atoms with Crippen molar-refractivity contribution in [3.05, 3.63) is 58.7 Å². The first-order valence-electron chi connectivity index (χ1n) is 9.14. The van der Waals surface area contributed by atoms with Gasteiger partial charge in [-0.1, -0.05) is 57.9 Å². The summed E-state index contributed by atoms with van der Waals surface area (Å²) >= 11 is 0. The first-order valence-corrected chi connectivity index (χ1v) is 9.14. The van der Waals surface area contributed by atoms with E-state index in [9.17, 15) is 8.78 Å². The molecule has 2 atom stereocenters. The number of rotatable bonds is 5. The maximum atomic E-state index is 14.6. The Kier molecular flexibility index (Phi) is 5.03. The third kappa shape index (κ3) is 3.11. The third-order valence-corrected chi connectivity index (χ3v) is 5.60. The molecule has 0 aliphatic heterocycles. The van der Waals surface area contributed by atoms with Crippen LogP contribution >= 0.6 is 0 Å². The fourth-order valence-corrected chi connectivity index (χ4v) is 3.82. The van der Waals surface area contributed by atoms with E-state index in [2.05, 4.69) is 20.8 Å². The molecule has 2 aromatic rings. The van der Waals surface area contributed by atoms with Gasteiger partial charge in [0.05, 0.1) is 0 Å². The Morgan fingerprint density at radius 3 is 2.38 bits per heavy atom. The number of hydrogen-bond donors (Lipinski definition) is 0. The molecular formula is C22H26F2. The summed E-state index contributed by atoms with van der Waals surface area (Å²) in [6.07, 6.45) is 4.70. The van der Waals surface area contributed by atoms with Crippen LogP contribution in [-0.4, -0.2) is 0 Å². The topological polar surface area (TPSA) is 0 Å². The van der Waals surface area contributed by atoms with Crippen LogP contribution in [0.15, 0.2) is 30.3 Å². The van der Waals surface area contributed by atoms with E-state index in [0.29, 0.717) is 29.4 Å². The first kappa shape index (κ1) is 17.1. The summed E-state index contributed by atoms with van der Waals surface area (Å²) in [5, 5.41) is 0. The molecule has 24 heavy (non-hydrogen) atoms. The Balaban J connectivity index is 1.96. The summed E-state index contributed by atoms with van der Waals surface area (Å²) in [6, 6.07) is 9.74. The highest BCUT2D eigenvalue weighted by Gasteiger charge is 2.30. The van der Waals surface area contributed by atoms with E-state index in [1.807, 2.05) is 30.3 Å². The largest absolute Gasteiger partial charge is 0.203 e. The van der Waals surface area contributed by atoms with Gasteiger partial charge in [0, 0.05) is 5.56 Å². The average Bonchev–Trinajstić information content (AvgIpc) is 3.03. The van der Waals surface area contributed by atoms with Crippen molar-refractivity contribution in [2.45, 2.75) is 52.9 Å². The molecule has 0 bridgehead atoms. The van der Waals surface area contributed by atoms with Crippen molar-refractivity contribution in [1.82, 2.24) is 0 Å². The molecule has 2 heteroatoms. The minimum Gasteiger partial charge on any atom is -0.203 e. The minimum atomic E-state index is -0.693. The number of benzene rings is 2. The lowest BCUT2D eigenvalue weighted by Gasteiger charge is -2.16. The molecule has 0 aromatic heterocycles. The molecule has 1 aliphatic rings. The van der Waals surface area contributed by atoms with Crippen LogP contribution in [-0.2, 0) is 19.3 Å². The van der Waals surface area contributed by atoms with Gasteiger partial charge in [0.25, 0.3) is 0 Å². The normalized spacial score (nSPS) is 17.8. The second-order valence-corrected chi connectivity index (χ2v) is 7.19. The standard InChI is InChI=1S/C22H26F2/c1-4-6-15-7-9-16(10-8-15)19-13-18-11-17(14(3)5-2)12-20(18)22(24)21(19)23/h7-10,13-14,17H,4-6,11-12H2,1-3H3.